The minimum atomic E-state index is 0.216. The van der Waals surface area contributed by atoms with Gasteiger partial charge in [0.25, 0.3) is 0 Å². The van der Waals surface area contributed by atoms with Crippen LogP contribution in [0.5, 0.6) is 5.75 Å². The number of likely N-dealkylation sites (N-methyl/N-ethyl adjacent to an activating group) is 1. The molecule has 2 heterocycles. The van der Waals surface area contributed by atoms with Crippen LogP contribution in [0, 0.1) is 5.92 Å². The molecule has 2 aliphatic heterocycles. The number of rotatable bonds is 5. The standard InChI is InChI=1S/C20H30N2O2/c1-21(20(23)14-16-8-10-18(24-2)11-9-16)15-17-6-5-13-22-12-4-3-7-19(17)22/h8-11,17,19H,3-7,12-15H2,1-2H3/t17-,19+/m0/s1. The molecular weight excluding hydrogens is 300 g/mol. The first-order valence-electron chi connectivity index (χ1n) is 9.28. The van der Waals surface area contributed by atoms with Crippen LogP contribution in [-0.2, 0) is 11.2 Å². The number of methoxy groups -OCH3 is 1. The summed E-state index contributed by atoms with van der Waals surface area (Å²) >= 11 is 0. The van der Waals surface area contributed by atoms with Crippen molar-refractivity contribution < 1.29 is 9.53 Å². The van der Waals surface area contributed by atoms with Gasteiger partial charge in [-0.15, -0.1) is 0 Å². The van der Waals surface area contributed by atoms with Crippen LogP contribution in [0.3, 0.4) is 0 Å². The molecule has 24 heavy (non-hydrogen) atoms. The number of nitrogens with zero attached hydrogens (tertiary/aromatic N) is 2. The number of ether oxygens (including phenoxy) is 1. The van der Waals surface area contributed by atoms with E-state index in [0.29, 0.717) is 18.4 Å². The van der Waals surface area contributed by atoms with Gasteiger partial charge in [-0.05, 0) is 62.4 Å². The summed E-state index contributed by atoms with van der Waals surface area (Å²) in [6.45, 7) is 3.41. The van der Waals surface area contributed by atoms with Gasteiger partial charge < -0.3 is 14.5 Å². The summed E-state index contributed by atoms with van der Waals surface area (Å²) in [5.41, 5.74) is 1.05. The van der Waals surface area contributed by atoms with Crippen molar-refractivity contribution in [1.29, 1.82) is 0 Å². The van der Waals surface area contributed by atoms with Crippen molar-refractivity contribution >= 4 is 5.91 Å². The highest BCUT2D eigenvalue weighted by molar-refractivity contribution is 5.78. The molecule has 0 aromatic heterocycles. The van der Waals surface area contributed by atoms with Crippen molar-refractivity contribution in [2.24, 2.45) is 5.92 Å². The van der Waals surface area contributed by atoms with E-state index in [2.05, 4.69) is 4.90 Å². The SMILES string of the molecule is COc1ccc(CC(=O)N(C)C[C@@H]2CCCN3CCCC[C@H]23)cc1. The van der Waals surface area contributed by atoms with E-state index in [0.717, 1.165) is 17.9 Å². The monoisotopic (exact) mass is 330 g/mol. The quantitative estimate of drug-likeness (QED) is 0.832. The molecule has 0 bridgehead atoms. The fraction of sp³-hybridized carbons (Fsp3) is 0.650. The highest BCUT2D eigenvalue weighted by atomic mass is 16.5. The Labute approximate surface area is 145 Å². The molecule has 0 aliphatic carbocycles. The lowest BCUT2D eigenvalue weighted by Crippen LogP contribution is -2.51. The predicted molar refractivity (Wildman–Crippen MR) is 96.3 cm³/mol. The molecule has 0 saturated carbocycles. The van der Waals surface area contributed by atoms with Crippen LogP contribution >= 0.6 is 0 Å². The number of carbonyl (C=O) groups excluding carboxylic acids is 1. The van der Waals surface area contributed by atoms with E-state index in [4.69, 9.17) is 4.74 Å². The van der Waals surface area contributed by atoms with Crippen molar-refractivity contribution in [3.63, 3.8) is 0 Å². The summed E-state index contributed by atoms with van der Waals surface area (Å²) in [7, 11) is 3.63. The molecular formula is C20H30N2O2. The number of hydrogen-bond acceptors (Lipinski definition) is 3. The topological polar surface area (TPSA) is 32.8 Å². The fourth-order valence-corrected chi connectivity index (χ4v) is 4.30. The maximum absolute atomic E-state index is 12.6. The first-order chi connectivity index (χ1) is 11.7. The largest absolute Gasteiger partial charge is 0.497 e. The van der Waals surface area contributed by atoms with Crippen LogP contribution in [-0.4, -0.2) is 55.5 Å². The Hall–Kier alpha value is -1.55. The van der Waals surface area contributed by atoms with E-state index in [-0.39, 0.29) is 5.91 Å². The van der Waals surface area contributed by atoms with Gasteiger partial charge in [0.05, 0.1) is 13.5 Å². The van der Waals surface area contributed by atoms with Crippen LogP contribution in [0.2, 0.25) is 0 Å². The zero-order valence-electron chi connectivity index (χ0n) is 15.0. The van der Waals surface area contributed by atoms with Gasteiger partial charge in [-0.3, -0.25) is 4.79 Å². The normalized spacial score (nSPS) is 24.2. The second kappa shape index (κ2) is 8.02. The molecule has 2 fully saturated rings. The van der Waals surface area contributed by atoms with Gasteiger partial charge in [0.2, 0.25) is 5.91 Å². The predicted octanol–water partition coefficient (Wildman–Crippen LogP) is 2.96. The lowest BCUT2D eigenvalue weighted by Gasteiger charge is -2.45. The molecule has 0 spiro atoms. The molecule has 4 heteroatoms. The van der Waals surface area contributed by atoms with Crippen LogP contribution in [0.1, 0.15) is 37.7 Å². The smallest absolute Gasteiger partial charge is 0.226 e. The average Bonchev–Trinajstić information content (AvgIpc) is 2.62. The number of hydrogen-bond donors (Lipinski definition) is 0. The van der Waals surface area contributed by atoms with Gasteiger partial charge in [0, 0.05) is 19.6 Å². The van der Waals surface area contributed by atoms with Crippen LogP contribution < -0.4 is 4.74 Å². The molecule has 1 aromatic carbocycles. The third-order valence-electron chi connectivity index (χ3n) is 5.68. The Bertz CT molecular complexity index is 541. The zero-order chi connectivity index (χ0) is 16.9. The van der Waals surface area contributed by atoms with Crippen LogP contribution in [0.25, 0.3) is 0 Å². The zero-order valence-corrected chi connectivity index (χ0v) is 15.0. The number of piperidine rings is 2. The van der Waals surface area contributed by atoms with Gasteiger partial charge in [-0.25, -0.2) is 0 Å². The molecule has 0 N–H and O–H groups in total. The van der Waals surface area contributed by atoms with Gasteiger partial charge in [-0.1, -0.05) is 18.6 Å². The van der Waals surface area contributed by atoms with Crippen molar-refractivity contribution in [3.05, 3.63) is 29.8 Å². The summed E-state index contributed by atoms with van der Waals surface area (Å²) in [5.74, 6) is 1.69. The maximum atomic E-state index is 12.6. The Morgan fingerprint density at radius 1 is 1.17 bits per heavy atom. The summed E-state index contributed by atoms with van der Waals surface area (Å²) in [6.07, 6.45) is 7.02. The number of amides is 1. The molecule has 2 saturated heterocycles. The van der Waals surface area contributed by atoms with Crippen molar-refractivity contribution in [2.75, 3.05) is 33.8 Å². The molecule has 0 unspecified atom stereocenters. The maximum Gasteiger partial charge on any atom is 0.226 e. The third kappa shape index (κ3) is 4.10. The van der Waals surface area contributed by atoms with Gasteiger partial charge in [-0.2, -0.15) is 0 Å². The molecule has 2 atom stereocenters. The number of carbonyl (C=O) groups is 1. The van der Waals surface area contributed by atoms with Gasteiger partial charge in [0.1, 0.15) is 5.75 Å². The molecule has 1 aromatic rings. The summed E-state index contributed by atoms with van der Waals surface area (Å²) in [6, 6.07) is 8.50. The molecule has 4 nitrogen and oxygen atoms in total. The molecule has 132 valence electrons. The van der Waals surface area contributed by atoms with Crippen LogP contribution in [0.15, 0.2) is 24.3 Å². The first-order valence-corrected chi connectivity index (χ1v) is 9.28. The third-order valence-corrected chi connectivity index (χ3v) is 5.68. The second-order valence-electron chi connectivity index (χ2n) is 7.30. The van der Waals surface area contributed by atoms with E-state index in [9.17, 15) is 4.79 Å². The molecule has 0 radical (unpaired) electrons. The lowest BCUT2D eigenvalue weighted by molar-refractivity contribution is -0.130. The minimum absolute atomic E-state index is 0.216. The highest BCUT2D eigenvalue weighted by Gasteiger charge is 2.33. The van der Waals surface area contributed by atoms with Gasteiger partial charge >= 0.3 is 0 Å². The van der Waals surface area contributed by atoms with Crippen LogP contribution in [0.4, 0.5) is 0 Å². The second-order valence-corrected chi connectivity index (χ2v) is 7.30. The Balaban J connectivity index is 1.54. The molecule has 1 amide bonds. The van der Waals surface area contributed by atoms with E-state index < -0.39 is 0 Å². The van der Waals surface area contributed by atoms with Crippen molar-refractivity contribution in [3.8, 4) is 5.75 Å². The van der Waals surface area contributed by atoms with E-state index >= 15 is 0 Å². The van der Waals surface area contributed by atoms with Crippen molar-refractivity contribution in [2.45, 2.75) is 44.6 Å². The Morgan fingerprint density at radius 3 is 2.67 bits per heavy atom. The summed E-state index contributed by atoms with van der Waals surface area (Å²) in [4.78, 5) is 17.2. The lowest BCUT2D eigenvalue weighted by atomic mass is 9.83. The van der Waals surface area contributed by atoms with E-state index in [1.807, 2.05) is 36.2 Å². The summed E-state index contributed by atoms with van der Waals surface area (Å²) in [5, 5.41) is 0. The summed E-state index contributed by atoms with van der Waals surface area (Å²) < 4.78 is 5.17. The highest BCUT2D eigenvalue weighted by Crippen LogP contribution is 2.31. The van der Waals surface area contributed by atoms with E-state index in [1.165, 1.54) is 45.2 Å². The van der Waals surface area contributed by atoms with E-state index in [1.54, 1.807) is 7.11 Å². The van der Waals surface area contributed by atoms with Gasteiger partial charge in [0.15, 0.2) is 0 Å². The Morgan fingerprint density at radius 2 is 1.92 bits per heavy atom. The first kappa shape index (κ1) is 17.3. The minimum Gasteiger partial charge on any atom is -0.497 e. The van der Waals surface area contributed by atoms with Crippen molar-refractivity contribution in [1.82, 2.24) is 9.80 Å². The molecule has 2 aliphatic rings. The number of benzene rings is 1. The fourth-order valence-electron chi connectivity index (χ4n) is 4.30. The number of fused-ring (bicyclic) bond motifs is 1. The Kier molecular flexibility index (Phi) is 5.77. The average molecular weight is 330 g/mol. The molecule has 3 rings (SSSR count).